The van der Waals surface area contributed by atoms with Crippen molar-refractivity contribution in [1.29, 1.82) is 0 Å². The average molecular weight is 496 g/mol. The zero-order valence-corrected chi connectivity index (χ0v) is 21.1. The van der Waals surface area contributed by atoms with Crippen molar-refractivity contribution in [2.75, 3.05) is 11.1 Å². The first-order valence-corrected chi connectivity index (χ1v) is 13.0. The summed E-state index contributed by atoms with van der Waals surface area (Å²) < 4.78 is 7.10. The van der Waals surface area contributed by atoms with E-state index in [1.807, 2.05) is 45.9 Å². The zero-order valence-electron chi connectivity index (χ0n) is 19.5. The number of amides is 1. The largest absolute Gasteiger partial charge is 0.408 e. The number of aromatic nitrogens is 4. The van der Waals surface area contributed by atoms with Crippen LogP contribution in [0.1, 0.15) is 53.6 Å². The fourth-order valence-electron chi connectivity index (χ4n) is 4.02. The van der Waals surface area contributed by atoms with Crippen molar-refractivity contribution in [3.63, 3.8) is 0 Å². The molecule has 8 nitrogen and oxygen atoms in total. The van der Waals surface area contributed by atoms with E-state index in [2.05, 4.69) is 15.5 Å². The van der Waals surface area contributed by atoms with Crippen molar-refractivity contribution in [2.24, 2.45) is 0 Å². The monoisotopic (exact) mass is 495 g/mol. The molecule has 1 aliphatic rings. The average Bonchev–Trinajstić information content (AvgIpc) is 3.50. The minimum atomic E-state index is -0.307. The second-order valence-corrected chi connectivity index (χ2v) is 10.8. The molecule has 0 fully saturated rings. The third-order valence-corrected chi connectivity index (χ3v) is 8.09. The minimum Gasteiger partial charge on any atom is -0.408 e. The molecule has 0 saturated heterocycles. The molecule has 1 aliphatic carbocycles. The number of thiophene rings is 1. The number of anilines is 1. The van der Waals surface area contributed by atoms with Gasteiger partial charge in [-0.3, -0.25) is 19.5 Å². The quantitative estimate of drug-likeness (QED) is 0.303. The molecule has 10 heteroatoms. The molecule has 3 heterocycles. The summed E-state index contributed by atoms with van der Waals surface area (Å²) in [7, 11) is 0. The van der Waals surface area contributed by atoms with E-state index in [0.29, 0.717) is 11.0 Å². The summed E-state index contributed by atoms with van der Waals surface area (Å²) >= 11 is 2.81. The number of carbonyl (C=O) groups excluding carboxylic acids is 1. The Hall–Kier alpha value is -2.98. The van der Waals surface area contributed by atoms with Gasteiger partial charge in [-0.15, -0.1) is 16.4 Å². The van der Waals surface area contributed by atoms with Gasteiger partial charge in [0.15, 0.2) is 5.16 Å². The molecule has 0 radical (unpaired) electrons. The number of nitrogens with one attached hydrogen (secondary N) is 1. The van der Waals surface area contributed by atoms with Gasteiger partial charge in [-0.25, -0.2) is 4.98 Å². The van der Waals surface area contributed by atoms with E-state index in [1.165, 1.54) is 16.6 Å². The summed E-state index contributed by atoms with van der Waals surface area (Å²) in [6.07, 6.45) is 2.98. The predicted octanol–water partition coefficient (Wildman–Crippen LogP) is 4.79. The van der Waals surface area contributed by atoms with Crippen LogP contribution < -0.4 is 10.9 Å². The summed E-state index contributed by atoms with van der Waals surface area (Å²) in [5.74, 6) is 0.277. The third kappa shape index (κ3) is 4.16. The van der Waals surface area contributed by atoms with Gasteiger partial charge in [0.1, 0.15) is 4.83 Å². The summed E-state index contributed by atoms with van der Waals surface area (Å²) in [5.41, 5.74) is 4.06. The van der Waals surface area contributed by atoms with Crippen LogP contribution in [0.5, 0.6) is 0 Å². The van der Waals surface area contributed by atoms with Crippen LogP contribution in [0.3, 0.4) is 0 Å². The van der Waals surface area contributed by atoms with Gasteiger partial charge < -0.3 is 4.42 Å². The van der Waals surface area contributed by atoms with Crippen molar-refractivity contribution in [1.82, 2.24) is 19.7 Å². The van der Waals surface area contributed by atoms with Crippen LogP contribution in [0.25, 0.3) is 15.9 Å². The highest BCUT2D eigenvalue weighted by Gasteiger charge is 2.24. The van der Waals surface area contributed by atoms with Gasteiger partial charge in [0, 0.05) is 10.8 Å². The van der Waals surface area contributed by atoms with Crippen LogP contribution >= 0.6 is 23.1 Å². The number of carbonyl (C=O) groups is 1. The number of rotatable bonds is 6. The molecule has 1 amide bonds. The molecule has 176 valence electrons. The van der Waals surface area contributed by atoms with Crippen molar-refractivity contribution >= 4 is 45.2 Å². The summed E-state index contributed by atoms with van der Waals surface area (Å²) in [6.45, 7) is 7.93. The molecule has 1 aromatic carbocycles. The first-order chi connectivity index (χ1) is 16.3. The van der Waals surface area contributed by atoms with Crippen molar-refractivity contribution < 1.29 is 9.21 Å². The Bertz CT molecular complexity index is 1470. The molecule has 4 aromatic rings. The molecule has 5 rings (SSSR count). The smallest absolute Gasteiger partial charge is 0.322 e. The van der Waals surface area contributed by atoms with Gasteiger partial charge in [-0.1, -0.05) is 36.8 Å². The van der Waals surface area contributed by atoms with Gasteiger partial charge in [-0.2, -0.15) is 0 Å². The number of fused-ring (bicyclic) bond motifs is 3. The second kappa shape index (κ2) is 8.99. The summed E-state index contributed by atoms with van der Waals surface area (Å²) in [5, 5.41) is 11.6. The van der Waals surface area contributed by atoms with E-state index >= 15 is 0 Å². The Morgan fingerprint density at radius 3 is 2.79 bits per heavy atom. The molecule has 0 aliphatic heterocycles. The Labute approximate surface area is 204 Å². The van der Waals surface area contributed by atoms with E-state index in [9.17, 15) is 9.59 Å². The maximum absolute atomic E-state index is 13.8. The molecule has 0 saturated carbocycles. The highest BCUT2D eigenvalue weighted by atomic mass is 32.2. The lowest BCUT2D eigenvalue weighted by molar-refractivity contribution is -0.113. The summed E-state index contributed by atoms with van der Waals surface area (Å²) in [4.78, 5) is 33.2. The molecule has 0 spiro atoms. The minimum absolute atomic E-state index is 0.0489. The first-order valence-electron chi connectivity index (χ1n) is 11.2. The third-order valence-electron chi connectivity index (χ3n) is 5.97. The number of hydrogen-bond donors (Lipinski definition) is 1. The van der Waals surface area contributed by atoms with Gasteiger partial charge in [0.05, 0.1) is 16.8 Å². The van der Waals surface area contributed by atoms with Gasteiger partial charge in [0.25, 0.3) is 5.56 Å². The number of hydrogen-bond acceptors (Lipinski definition) is 8. The highest BCUT2D eigenvalue weighted by molar-refractivity contribution is 7.99. The molecule has 0 unspecified atom stereocenters. The molecular weight excluding hydrogens is 470 g/mol. The topological polar surface area (TPSA) is 103 Å². The fourth-order valence-corrected chi connectivity index (χ4v) is 6.13. The number of aryl methyl sites for hydroxylation is 4. The normalized spacial score (nSPS) is 13.1. The van der Waals surface area contributed by atoms with Gasteiger partial charge in [0.2, 0.25) is 11.8 Å². The van der Waals surface area contributed by atoms with Crippen molar-refractivity contribution in [3.8, 4) is 5.69 Å². The van der Waals surface area contributed by atoms with E-state index in [-0.39, 0.29) is 29.2 Å². The number of thioether (sulfide) groups is 1. The molecular formula is C24H25N5O3S2. The molecule has 0 atom stereocenters. The summed E-state index contributed by atoms with van der Waals surface area (Å²) in [6, 6.07) is 5.99. The molecule has 1 N–H and O–H groups in total. The van der Waals surface area contributed by atoms with E-state index in [4.69, 9.17) is 9.40 Å². The standard InChI is InChI=1S/C24H25N5O3S2/c1-12(2)20-27-28-23(32-20)25-18(30)11-33-24-26-21-19(16-6-5-7-17(16)34-21)22(31)29(24)15-9-8-13(3)14(4)10-15/h8-10,12H,5-7,11H2,1-4H3,(H,25,28,30). The van der Waals surface area contributed by atoms with Crippen LogP contribution in [-0.2, 0) is 17.6 Å². The fraction of sp³-hybridized carbons (Fsp3) is 0.375. The van der Waals surface area contributed by atoms with Crippen LogP contribution in [-0.4, -0.2) is 31.4 Å². The van der Waals surface area contributed by atoms with Gasteiger partial charge >= 0.3 is 6.01 Å². The lowest BCUT2D eigenvalue weighted by atomic mass is 10.1. The van der Waals surface area contributed by atoms with Crippen molar-refractivity contribution in [3.05, 3.63) is 56.0 Å². The Balaban J connectivity index is 1.49. The highest BCUT2D eigenvalue weighted by Crippen LogP contribution is 2.36. The van der Waals surface area contributed by atoms with Crippen LogP contribution in [0.2, 0.25) is 0 Å². The van der Waals surface area contributed by atoms with Gasteiger partial charge in [-0.05, 0) is 61.9 Å². The lowest BCUT2D eigenvalue weighted by Crippen LogP contribution is -2.23. The maximum Gasteiger partial charge on any atom is 0.322 e. The van der Waals surface area contributed by atoms with E-state index in [0.717, 1.165) is 51.9 Å². The van der Waals surface area contributed by atoms with Crippen LogP contribution in [0.15, 0.2) is 32.6 Å². The van der Waals surface area contributed by atoms with Crippen molar-refractivity contribution in [2.45, 2.75) is 58.0 Å². The van der Waals surface area contributed by atoms with Crippen LogP contribution in [0.4, 0.5) is 6.01 Å². The number of benzene rings is 1. The Kier molecular flexibility index (Phi) is 6.03. The lowest BCUT2D eigenvalue weighted by Gasteiger charge is -2.13. The number of nitrogens with zero attached hydrogens (tertiary/aromatic N) is 4. The predicted molar refractivity (Wildman–Crippen MR) is 134 cm³/mol. The van der Waals surface area contributed by atoms with E-state index in [1.54, 1.807) is 15.9 Å². The Morgan fingerprint density at radius 1 is 1.24 bits per heavy atom. The Morgan fingerprint density at radius 2 is 2.06 bits per heavy atom. The zero-order chi connectivity index (χ0) is 24.0. The maximum atomic E-state index is 13.8. The second-order valence-electron chi connectivity index (χ2n) is 8.78. The molecule has 3 aromatic heterocycles. The van der Waals surface area contributed by atoms with Crippen LogP contribution in [0, 0.1) is 13.8 Å². The molecule has 0 bridgehead atoms. The SMILES string of the molecule is Cc1ccc(-n2c(SCC(=O)Nc3nnc(C(C)C)o3)nc3sc4c(c3c2=O)CCC4)cc1C. The first kappa shape index (κ1) is 22.8. The molecule has 34 heavy (non-hydrogen) atoms. The van der Waals surface area contributed by atoms with E-state index < -0.39 is 0 Å².